The second-order valence-corrected chi connectivity index (χ2v) is 18.8. The molecule has 0 spiro atoms. The summed E-state index contributed by atoms with van der Waals surface area (Å²) >= 11 is 0. The number of unbranched alkanes of at least 4 members (excludes halogenated alkanes) is 20. The van der Waals surface area contributed by atoms with Crippen LogP contribution >= 0.6 is 0 Å². The first-order valence-corrected chi connectivity index (χ1v) is 29.0. The van der Waals surface area contributed by atoms with Crippen molar-refractivity contribution in [1.82, 2.24) is 0 Å². The molecule has 6 heteroatoms. The number of esters is 3. The van der Waals surface area contributed by atoms with Crippen LogP contribution in [0.15, 0.2) is 122 Å². The Morgan fingerprint density at radius 2 is 0.577 bits per heavy atom. The lowest BCUT2D eigenvalue weighted by molar-refractivity contribution is -0.166. The van der Waals surface area contributed by atoms with Crippen molar-refractivity contribution in [3.63, 3.8) is 0 Å². The Balaban J connectivity index is 4.32. The number of hydrogen-bond donors (Lipinski definition) is 0. The SMILES string of the molecule is CC/C=C\C/C=C\C/C=C\C/C=C\CCC(=O)OC(COC(=O)CCCCC/C=C\C/C=C\C/C=C\CC)COC(=O)CCCCCCCCCCCCCC/C=C\C/C=C\C/C=C\CCCCCCC. The van der Waals surface area contributed by atoms with Crippen LogP contribution in [0.5, 0.6) is 0 Å². The summed E-state index contributed by atoms with van der Waals surface area (Å²) in [6, 6.07) is 0. The lowest BCUT2D eigenvalue weighted by atomic mass is 10.0. The molecule has 0 rings (SSSR count). The minimum Gasteiger partial charge on any atom is -0.462 e. The van der Waals surface area contributed by atoms with E-state index >= 15 is 0 Å². The highest BCUT2D eigenvalue weighted by molar-refractivity contribution is 5.71. The summed E-state index contributed by atoms with van der Waals surface area (Å²) in [5.41, 5.74) is 0. The molecule has 0 heterocycles. The van der Waals surface area contributed by atoms with Crippen molar-refractivity contribution in [2.45, 2.75) is 258 Å². The second kappa shape index (κ2) is 58.4. The molecule has 0 aromatic rings. The molecule has 0 aliphatic rings. The minimum atomic E-state index is -0.832. The van der Waals surface area contributed by atoms with Crippen molar-refractivity contribution in [2.24, 2.45) is 0 Å². The van der Waals surface area contributed by atoms with E-state index in [9.17, 15) is 14.4 Å². The van der Waals surface area contributed by atoms with Crippen molar-refractivity contribution in [3.05, 3.63) is 122 Å². The molecule has 0 saturated heterocycles. The number of carbonyl (C=O) groups excluding carboxylic acids is 3. The van der Waals surface area contributed by atoms with Crippen molar-refractivity contribution >= 4 is 17.9 Å². The lowest BCUT2D eigenvalue weighted by Gasteiger charge is -2.18. The molecule has 0 radical (unpaired) electrons. The van der Waals surface area contributed by atoms with Crippen LogP contribution in [0.25, 0.3) is 0 Å². The maximum atomic E-state index is 12.8. The van der Waals surface area contributed by atoms with Gasteiger partial charge in [0.1, 0.15) is 13.2 Å². The van der Waals surface area contributed by atoms with E-state index in [1.54, 1.807) is 0 Å². The van der Waals surface area contributed by atoms with E-state index in [2.05, 4.69) is 130 Å². The zero-order chi connectivity index (χ0) is 51.4. The van der Waals surface area contributed by atoms with E-state index < -0.39 is 12.1 Å². The predicted molar refractivity (Wildman–Crippen MR) is 306 cm³/mol. The van der Waals surface area contributed by atoms with Crippen LogP contribution in [0.1, 0.15) is 252 Å². The fourth-order valence-electron chi connectivity index (χ4n) is 7.65. The summed E-state index contributed by atoms with van der Waals surface area (Å²) in [7, 11) is 0. The first-order chi connectivity index (χ1) is 35.0. The summed E-state index contributed by atoms with van der Waals surface area (Å²) in [5, 5.41) is 0. The summed E-state index contributed by atoms with van der Waals surface area (Å²) < 4.78 is 16.7. The van der Waals surface area contributed by atoms with Crippen LogP contribution in [0, 0.1) is 0 Å². The van der Waals surface area contributed by atoms with E-state index in [0.717, 1.165) is 103 Å². The third kappa shape index (κ3) is 56.6. The van der Waals surface area contributed by atoms with Crippen LogP contribution in [-0.4, -0.2) is 37.2 Å². The van der Waals surface area contributed by atoms with Crippen LogP contribution in [0.3, 0.4) is 0 Å². The van der Waals surface area contributed by atoms with Gasteiger partial charge in [-0.25, -0.2) is 0 Å². The summed E-state index contributed by atoms with van der Waals surface area (Å²) in [4.78, 5) is 38.0. The van der Waals surface area contributed by atoms with Gasteiger partial charge >= 0.3 is 17.9 Å². The second-order valence-electron chi connectivity index (χ2n) is 18.8. The van der Waals surface area contributed by atoms with E-state index in [-0.39, 0.29) is 31.6 Å². The zero-order valence-electron chi connectivity index (χ0n) is 45.9. The van der Waals surface area contributed by atoms with Gasteiger partial charge in [-0.05, 0) is 116 Å². The number of rotatable bonds is 51. The fraction of sp³-hybridized carbons (Fsp3) is 0.646. The molecule has 0 amide bonds. The number of ether oxygens (including phenoxy) is 3. The van der Waals surface area contributed by atoms with Gasteiger partial charge in [-0.3, -0.25) is 14.4 Å². The normalized spacial score (nSPS) is 13.0. The van der Waals surface area contributed by atoms with E-state index in [4.69, 9.17) is 14.2 Å². The van der Waals surface area contributed by atoms with Gasteiger partial charge in [-0.15, -0.1) is 0 Å². The summed E-state index contributed by atoms with van der Waals surface area (Å²) in [5.74, 6) is -1.04. The molecule has 0 aliphatic heterocycles. The molecule has 0 bridgehead atoms. The zero-order valence-corrected chi connectivity index (χ0v) is 45.9. The largest absolute Gasteiger partial charge is 0.462 e. The Bertz CT molecular complexity index is 1500. The quantitative estimate of drug-likeness (QED) is 0.0261. The van der Waals surface area contributed by atoms with Crippen molar-refractivity contribution in [2.75, 3.05) is 13.2 Å². The molecule has 0 aromatic heterocycles. The Morgan fingerprint density at radius 3 is 0.930 bits per heavy atom. The van der Waals surface area contributed by atoms with E-state index in [1.165, 1.54) is 103 Å². The van der Waals surface area contributed by atoms with Crippen LogP contribution < -0.4 is 0 Å². The van der Waals surface area contributed by atoms with E-state index in [0.29, 0.717) is 19.3 Å². The summed E-state index contributed by atoms with van der Waals surface area (Å²) in [6.07, 6.45) is 80.8. The summed E-state index contributed by atoms with van der Waals surface area (Å²) in [6.45, 7) is 6.30. The Kier molecular flexibility index (Phi) is 54.9. The Morgan fingerprint density at radius 1 is 0.296 bits per heavy atom. The molecule has 0 aromatic carbocycles. The smallest absolute Gasteiger partial charge is 0.306 e. The molecular formula is C65H106O6. The molecule has 1 unspecified atom stereocenters. The van der Waals surface area contributed by atoms with Crippen molar-refractivity contribution in [3.8, 4) is 0 Å². The molecule has 6 nitrogen and oxygen atoms in total. The first-order valence-electron chi connectivity index (χ1n) is 29.0. The number of carbonyl (C=O) groups is 3. The van der Waals surface area contributed by atoms with Gasteiger partial charge in [0, 0.05) is 19.3 Å². The monoisotopic (exact) mass is 983 g/mol. The van der Waals surface area contributed by atoms with Crippen LogP contribution in [-0.2, 0) is 28.6 Å². The Hall–Kier alpha value is -4.19. The first kappa shape index (κ1) is 66.8. The fourth-order valence-corrected chi connectivity index (χ4v) is 7.65. The minimum absolute atomic E-state index is 0.120. The number of hydrogen-bond acceptors (Lipinski definition) is 6. The Labute approximate surface area is 437 Å². The maximum absolute atomic E-state index is 12.8. The predicted octanol–water partition coefficient (Wildman–Crippen LogP) is 19.6. The molecular weight excluding hydrogens is 877 g/mol. The highest BCUT2D eigenvalue weighted by atomic mass is 16.6. The van der Waals surface area contributed by atoms with Gasteiger partial charge in [0.2, 0.25) is 0 Å². The third-order valence-electron chi connectivity index (χ3n) is 11.9. The van der Waals surface area contributed by atoms with Crippen LogP contribution in [0.2, 0.25) is 0 Å². The molecule has 0 saturated carbocycles. The highest BCUT2D eigenvalue weighted by Crippen LogP contribution is 2.15. The van der Waals surface area contributed by atoms with Gasteiger partial charge in [-0.2, -0.15) is 0 Å². The average molecular weight is 984 g/mol. The van der Waals surface area contributed by atoms with Crippen molar-refractivity contribution < 1.29 is 28.6 Å². The lowest BCUT2D eigenvalue weighted by Crippen LogP contribution is -2.30. The van der Waals surface area contributed by atoms with E-state index in [1.807, 2.05) is 12.2 Å². The maximum Gasteiger partial charge on any atom is 0.306 e. The van der Waals surface area contributed by atoms with Crippen molar-refractivity contribution in [1.29, 1.82) is 0 Å². The van der Waals surface area contributed by atoms with Gasteiger partial charge < -0.3 is 14.2 Å². The highest BCUT2D eigenvalue weighted by Gasteiger charge is 2.19. The third-order valence-corrected chi connectivity index (χ3v) is 11.9. The standard InChI is InChI=1S/C65H106O6/c1-4-7-10-13-16-19-22-25-26-27-28-29-30-31-32-33-34-35-36-37-38-41-43-46-49-52-55-58-64(67)70-61-62(71-65(68)59-56-53-50-47-44-40-24-21-18-15-12-9-6-3)60-69-63(66)57-54-51-48-45-42-39-23-20-17-14-11-8-5-2/h8-9,11-12,17-18,20-22,25,27-28,30-31,39-40,42,44,50,53,62H,4-7,10,13-16,19,23-24,26,29,32-38,41,43,45-49,51-52,54-61H2,1-3H3/b11-8-,12-9-,20-17-,21-18-,25-22-,28-27-,31-30-,42-39-,44-40-,53-50-. The van der Waals surface area contributed by atoms with Gasteiger partial charge in [0.25, 0.3) is 0 Å². The molecule has 0 N–H and O–H groups in total. The molecule has 71 heavy (non-hydrogen) atoms. The molecule has 402 valence electrons. The van der Waals surface area contributed by atoms with Crippen LogP contribution in [0.4, 0.5) is 0 Å². The van der Waals surface area contributed by atoms with Gasteiger partial charge in [0.15, 0.2) is 6.10 Å². The molecule has 0 fully saturated rings. The average Bonchev–Trinajstić information content (AvgIpc) is 3.37. The molecule has 1 atom stereocenters. The van der Waals surface area contributed by atoms with Gasteiger partial charge in [0.05, 0.1) is 0 Å². The van der Waals surface area contributed by atoms with Gasteiger partial charge in [-0.1, -0.05) is 239 Å². The number of allylic oxidation sites excluding steroid dienone is 20. The molecule has 0 aliphatic carbocycles. The topological polar surface area (TPSA) is 78.9 Å².